The summed E-state index contributed by atoms with van der Waals surface area (Å²) in [7, 11) is 1.47. The topological polar surface area (TPSA) is 160 Å². The molecule has 2 saturated heterocycles. The Labute approximate surface area is 262 Å². The van der Waals surface area contributed by atoms with Gasteiger partial charge in [0.2, 0.25) is 17.5 Å². The van der Waals surface area contributed by atoms with Crippen LogP contribution in [0.25, 0.3) is 5.65 Å². The molecule has 4 aliphatic rings. The third-order valence-corrected chi connectivity index (χ3v) is 8.89. The first-order valence-electron chi connectivity index (χ1n) is 15.3. The van der Waals surface area contributed by atoms with Crippen LogP contribution in [0.4, 0.5) is 26.5 Å². The molecule has 2 aliphatic heterocycles. The number of alkyl halides is 1. The number of pyridine rings is 1. The zero-order valence-corrected chi connectivity index (χ0v) is 25.2. The van der Waals surface area contributed by atoms with Crippen molar-refractivity contribution in [2.75, 3.05) is 42.3 Å². The second kappa shape index (κ2) is 10.5. The van der Waals surface area contributed by atoms with Crippen molar-refractivity contribution in [1.29, 1.82) is 0 Å². The number of nitrogens with zero attached hydrogens (tertiary/aromatic N) is 8. The predicted octanol–water partition coefficient (Wildman–Crippen LogP) is 3.05. The molecule has 0 aromatic carbocycles. The Bertz CT molecular complexity index is 1920. The van der Waals surface area contributed by atoms with Gasteiger partial charge < -0.3 is 19.8 Å². The maximum Gasteiger partial charge on any atom is 0.331 e. The lowest BCUT2D eigenvalue weighted by Gasteiger charge is -2.32. The Morgan fingerprint density at radius 2 is 1.91 bits per heavy atom. The van der Waals surface area contributed by atoms with Gasteiger partial charge in [-0.15, -0.1) is 0 Å². The molecule has 2 aliphatic carbocycles. The van der Waals surface area contributed by atoms with E-state index in [4.69, 9.17) is 9.72 Å². The van der Waals surface area contributed by atoms with Crippen LogP contribution in [0.3, 0.4) is 0 Å². The Hall–Kier alpha value is -5.05. The van der Waals surface area contributed by atoms with Gasteiger partial charge in [0.1, 0.15) is 24.0 Å². The SMILES string of the molecule is Cc1ccnc([C@H]2C[C@@H]2C(=O)Nc2cc(NCc3cn4cc(C5CC5)cc(N5CC(=O)N(C)C5=O)c4n3)nc(C3(F)COC3)n2)n1. The number of anilines is 3. The van der Waals surface area contributed by atoms with E-state index >= 15 is 4.39 Å². The Balaban J connectivity index is 1.04. The molecule has 0 unspecified atom stereocenters. The van der Waals surface area contributed by atoms with Crippen LogP contribution < -0.4 is 15.5 Å². The molecule has 15 heteroatoms. The van der Waals surface area contributed by atoms with Crippen molar-refractivity contribution in [3.8, 4) is 0 Å². The lowest BCUT2D eigenvalue weighted by atomic mass is 10.0. The summed E-state index contributed by atoms with van der Waals surface area (Å²) in [5.74, 6) is 0.511. The molecule has 2 atom stereocenters. The van der Waals surface area contributed by atoms with E-state index < -0.39 is 11.7 Å². The number of likely N-dealkylation sites (N-methyl/N-ethyl adjacent to an activating group) is 1. The highest BCUT2D eigenvalue weighted by Crippen LogP contribution is 2.46. The molecule has 8 rings (SSSR count). The first kappa shape index (κ1) is 28.4. The number of rotatable bonds is 9. The van der Waals surface area contributed by atoms with E-state index in [0.29, 0.717) is 41.0 Å². The van der Waals surface area contributed by atoms with Gasteiger partial charge in [0, 0.05) is 49.2 Å². The maximum atomic E-state index is 15.4. The summed E-state index contributed by atoms with van der Waals surface area (Å²) < 4.78 is 22.4. The standard InChI is InChI=1S/C31H31FN10O4/c1-16-5-6-33-26(35-16)20-8-21(20)28(44)37-24-9-23(38-29(39-24)31(32)14-46-15-31)34-10-19-12-41-11-18(17-3-4-17)7-22(27(41)36-19)42-13-25(43)40(2)30(42)45/h5-7,9,11-12,17,20-21H,3-4,8,10,13-15H2,1-2H3,(H2,34,37,38,39,44)/t20-,21-/m0/s1. The molecule has 14 nitrogen and oxygen atoms in total. The fourth-order valence-electron chi connectivity index (χ4n) is 5.89. The van der Waals surface area contributed by atoms with Crippen molar-refractivity contribution >= 4 is 40.8 Å². The first-order chi connectivity index (χ1) is 22.1. The summed E-state index contributed by atoms with van der Waals surface area (Å²) in [6, 6.07) is 4.92. The molecular formula is C31H31FN10O4. The Morgan fingerprint density at radius 3 is 2.61 bits per heavy atom. The molecule has 46 heavy (non-hydrogen) atoms. The second-order valence-electron chi connectivity index (χ2n) is 12.5. The maximum absolute atomic E-state index is 15.4. The quantitative estimate of drug-likeness (QED) is 0.264. The number of nitrogens with one attached hydrogen (secondary N) is 2. The number of carbonyl (C=O) groups is 3. The molecule has 236 valence electrons. The summed E-state index contributed by atoms with van der Waals surface area (Å²) in [6.07, 6.45) is 8.29. The van der Waals surface area contributed by atoms with E-state index in [1.165, 1.54) is 11.9 Å². The van der Waals surface area contributed by atoms with Crippen LogP contribution in [-0.4, -0.2) is 78.9 Å². The van der Waals surface area contributed by atoms with Crippen LogP contribution in [0.1, 0.15) is 59.7 Å². The molecule has 0 radical (unpaired) electrons. The number of fused-ring (bicyclic) bond motifs is 1. The lowest BCUT2D eigenvalue weighted by molar-refractivity contribution is -0.139. The monoisotopic (exact) mass is 626 g/mol. The normalized spacial score (nSPS) is 21.9. The molecule has 4 fully saturated rings. The van der Waals surface area contributed by atoms with Gasteiger partial charge in [-0.3, -0.25) is 19.4 Å². The molecule has 2 N–H and O–H groups in total. The minimum Gasteiger partial charge on any atom is -0.374 e. The van der Waals surface area contributed by atoms with Gasteiger partial charge in [0.15, 0.2) is 11.5 Å². The van der Waals surface area contributed by atoms with Gasteiger partial charge in [-0.25, -0.2) is 34.1 Å². The second-order valence-corrected chi connectivity index (χ2v) is 12.5. The third-order valence-electron chi connectivity index (χ3n) is 8.89. The molecule has 4 amide bonds. The average Bonchev–Trinajstić information content (AvgIpc) is 3.95. The molecule has 4 aromatic heterocycles. The number of amides is 4. The molecular weight excluding hydrogens is 595 g/mol. The van der Waals surface area contributed by atoms with Gasteiger partial charge in [-0.2, -0.15) is 0 Å². The minimum atomic E-state index is -1.86. The Kier molecular flexibility index (Phi) is 6.49. The molecule has 2 saturated carbocycles. The zero-order valence-electron chi connectivity index (χ0n) is 25.2. The number of aromatic nitrogens is 6. The molecule has 0 spiro atoms. The van der Waals surface area contributed by atoms with Crippen molar-refractivity contribution in [2.24, 2.45) is 5.92 Å². The van der Waals surface area contributed by atoms with Crippen LogP contribution in [0.15, 0.2) is 36.8 Å². The fourth-order valence-corrected chi connectivity index (χ4v) is 5.89. The highest BCUT2D eigenvalue weighted by Gasteiger charge is 2.47. The molecule has 4 aromatic rings. The van der Waals surface area contributed by atoms with Gasteiger partial charge in [-0.1, -0.05) is 0 Å². The number of hydrogen-bond acceptors (Lipinski definition) is 10. The average molecular weight is 627 g/mol. The predicted molar refractivity (Wildman–Crippen MR) is 162 cm³/mol. The summed E-state index contributed by atoms with van der Waals surface area (Å²) >= 11 is 0. The van der Waals surface area contributed by atoms with E-state index in [0.717, 1.165) is 29.0 Å². The lowest BCUT2D eigenvalue weighted by Crippen LogP contribution is -2.44. The van der Waals surface area contributed by atoms with Gasteiger partial charge in [0.05, 0.1) is 31.1 Å². The van der Waals surface area contributed by atoms with E-state index in [2.05, 4.69) is 30.6 Å². The summed E-state index contributed by atoms with van der Waals surface area (Å²) in [4.78, 5) is 63.1. The van der Waals surface area contributed by atoms with Crippen molar-refractivity contribution in [1.82, 2.24) is 34.2 Å². The number of urea groups is 1. The summed E-state index contributed by atoms with van der Waals surface area (Å²) in [6.45, 7) is 1.69. The largest absolute Gasteiger partial charge is 0.374 e. The third kappa shape index (κ3) is 5.09. The molecule has 6 heterocycles. The van der Waals surface area contributed by atoms with Gasteiger partial charge in [-0.05, 0) is 49.8 Å². The summed E-state index contributed by atoms with van der Waals surface area (Å²) in [5.41, 5.74) is 1.80. The van der Waals surface area contributed by atoms with Gasteiger partial charge >= 0.3 is 6.03 Å². The van der Waals surface area contributed by atoms with Crippen LogP contribution in [-0.2, 0) is 26.5 Å². The van der Waals surface area contributed by atoms with Crippen molar-refractivity contribution in [3.63, 3.8) is 0 Å². The first-order valence-corrected chi connectivity index (χ1v) is 15.3. The van der Waals surface area contributed by atoms with Crippen LogP contribution in [0.5, 0.6) is 0 Å². The highest BCUT2D eigenvalue weighted by molar-refractivity contribution is 6.13. The van der Waals surface area contributed by atoms with E-state index in [9.17, 15) is 14.4 Å². The van der Waals surface area contributed by atoms with E-state index in [-0.39, 0.29) is 61.6 Å². The number of hydrogen-bond donors (Lipinski definition) is 2. The number of carbonyl (C=O) groups excluding carboxylic acids is 3. The minimum absolute atomic E-state index is 0.0495. The number of imidazole rings is 1. The number of imide groups is 1. The number of halogens is 1. The van der Waals surface area contributed by atoms with Crippen molar-refractivity contribution in [3.05, 3.63) is 65.4 Å². The van der Waals surface area contributed by atoms with Crippen LogP contribution in [0, 0.1) is 12.8 Å². The van der Waals surface area contributed by atoms with Crippen molar-refractivity contribution < 1.29 is 23.5 Å². The van der Waals surface area contributed by atoms with Crippen LogP contribution >= 0.6 is 0 Å². The Morgan fingerprint density at radius 1 is 1.11 bits per heavy atom. The van der Waals surface area contributed by atoms with E-state index in [1.54, 1.807) is 18.3 Å². The smallest absolute Gasteiger partial charge is 0.331 e. The highest BCUT2D eigenvalue weighted by atomic mass is 19.1. The molecule has 0 bridgehead atoms. The number of aryl methyl sites for hydroxylation is 1. The fraction of sp³-hybridized carbons (Fsp3) is 0.419. The van der Waals surface area contributed by atoms with Gasteiger partial charge in [0.25, 0.3) is 0 Å². The summed E-state index contributed by atoms with van der Waals surface area (Å²) in [5, 5.41) is 6.02. The number of ether oxygens (including phenoxy) is 1. The van der Waals surface area contributed by atoms with E-state index in [1.807, 2.05) is 29.8 Å². The van der Waals surface area contributed by atoms with Crippen molar-refractivity contribution in [2.45, 2.75) is 50.2 Å². The van der Waals surface area contributed by atoms with Crippen LogP contribution in [0.2, 0.25) is 0 Å². The zero-order chi connectivity index (χ0) is 31.7.